The van der Waals surface area contributed by atoms with E-state index in [9.17, 15) is 4.79 Å². The monoisotopic (exact) mass is 371 g/mol. The van der Waals surface area contributed by atoms with Crippen LogP contribution >= 0.6 is 0 Å². The highest BCUT2D eigenvalue weighted by Crippen LogP contribution is 2.23. The van der Waals surface area contributed by atoms with Crippen molar-refractivity contribution in [3.05, 3.63) is 83.7 Å². The van der Waals surface area contributed by atoms with Gasteiger partial charge >= 0.3 is 0 Å². The zero-order chi connectivity index (χ0) is 19.5. The van der Waals surface area contributed by atoms with E-state index in [0.717, 1.165) is 33.3 Å². The summed E-state index contributed by atoms with van der Waals surface area (Å²) in [6.07, 6.45) is 3.53. The fourth-order valence-electron chi connectivity index (χ4n) is 3.25. The summed E-state index contributed by atoms with van der Waals surface area (Å²) in [6, 6.07) is 17.6. The number of fused-ring (bicyclic) bond motifs is 1. The molecule has 0 saturated heterocycles. The van der Waals surface area contributed by atoms with Gasteiger partial charge in [0.25, 0.3) is 5.91 Å². The number of rotatable bonds is 5. The molecule has 0 radical (unpaired) electrons. The molecule has 0 atom stereocenters. The normalized spacial score (nSPS) is 10.9. The number of nitrogens with one attached hydrogen (secondary N) is 1. The Morgan fingerprint density at radius 3 is 2.68 bits per heavy atom. The molecule has 0 aliphatic rings. The standard InChI is InChI=1S/C22H21N5O/c1-27-21-19(14-26-27)10-15(12-24-21)13-25-22(28)17-8-6-16(7-9-17)20-5-3-2-4-18(20)11-23/h2-10,12,14H,11,13,23H2,1H3,(H,25,28). The molecule has 6 heteroatoms. The number of benzene rings is 2. The van der Waals surface area contributed by atoms with Gasteiger partial charge < -0.3 is 11.1 Å². The second kappa shape index (κ2) is 7.62. The summed E-state index contributed by atoms with van der Waals surface area (Å²) in [5.41, 5.74) is 11.4. The van der Waals surface area contributed by atoms with Crippen molar-refractivity contribution in [3.63, 3.8) is 0 Å². The summed E-state index contributed by atoms with van der Waals surface area (Å²) >= 11 is 0. The van der Waals surface area contributed by atoms with E-state index < -0.39 is 0 Å². The van der Waals surface area contributed by atoms with Crippen molar-refractivity contribution >= 4 is 16.9 Å². The minimum atomic E-state index is -0.120. The first-order valence-corrected chi connectivity index (χ1v) is 9.09. The Labute approximate surface area is 163 Å². The number of aryl methyl sites for hydroxylation is 1. The molecule has 28 heavy (non-hydrogen) atoms. The smallest absolute Gasteiger partial charge is 0.251 e. The maximum absolute atomic E-state index is 12.5. The minimum absolute atomic E-state index is 0.120. The maximum Gasteiger partial charge on any atom is 0.251 e. The van der Waals surface area contributed by atoms with Crippen molar-refractivity contribution in [3.8, 4) is 11.1 Å². The van der Waals surface area contributed by atoms with Crippen LogP contribution in [0, 0.1) is 0 Å². The van der Waals surface area contributed by atoms with Crippen molar-refractivity contribution < 1.29 is 4.79 Å². The predicted octanol–water partition coefficient (Wildman–Crippen LogP) is 3.02. The Kier molecular flexibility index (Phi) is 4.87. The van der Waals surface area contributed by atoms with E-state index in [0.29, 0.717) is 18.7 Å². The average molecular weight is 371 g/mol. The second-order valence-corrected chi connectivity index (χ2v) is 6.65. The Morgan fingerprint density at radius 2 is 1.89 bits per heavy atom. The molecule has 0 spiro atoms. The highest BCUT2D eigenvalue weighted by molar-refractivity contribution is 5.94. The number of hydrogen-bond acceptors (Lipinski definition) is 4. The van der Waals surface area contributed by atoms with Crippen molar-refractivity contribution in [2.45, 2.75) is 13.1 Å². The lowest BCUT2D eigenvalue weighted by molar-refractivity contribution is 0.0951. The van der Waals surface area contributed by atoms with Crippen molar-refractivity contribution in [1.29, 1.82) is 0 Å². The number of nitrogens with zero attached hydrogens (tertiary/aromatic N) is 3. The lowest BCUT2D eigenvalue weighted by atomic mass is 9.98. The number of carbonyl (C=O) groups is 1. The number of amides is 1. The summed E-state index contributed by atoms with van der Waals surface area (Å²) in [5, 5.41) is 8.08. The van der Waals surface area contributed by atoms with Gasteiger partial charge in [0.2, 0.25) is 0 Å². The SMILES string of the molecule is Cn1ncc2cc(CNC(=O)c3ccc(-c4ccccc4CN)cc3)cnc21. The molecule has 2 aromatic heterocycles. The van der Waals surface area contributed by atoms with Gasteiger partial charge in [-0.05, 0) is 40.5 Å². The molecule has 0 fully saturated rings. The summed E-state index contributed by atoms with van der Waals surface area (Å²) in [5.74, 6) is -0.120. The number of hydrogen-bond donors (Lipinski definition) is 2. The molecule has 4 aromatic rings. The Balaban J connectivity index is 1.45. The molecule has 6 nitrogen and oxygen atoms in total. The van der Waals surface area contributed by atoms with E-state index in [1.54, 1.807) is 17.1 Å². The molecule has 1 amide bonds. The molecule has 0 bridgehead atoms. The first-order chi connectivity index (χ1) is 13.7. The minimum Gasteiger partial charge on any atom is -0.348 e. The molecular formula is C22H21N5O. The van der Waals surface area contributed by atoms with E-state index >= 15 is 0 Å². The van der Waals surface area contributed by atoms with Gasteiger partial charge in [-0.1, -0.05) is 36.4 Å². The van der Waals surface area contributed by atoms with Crippen LogP contribution in [0.2, 0.25) is 0 Å². The van der Waals surface area contributed by atoms with Gasteiger partial charge in [0.05, 0.1) is 6.20 Å². The van der Waals surface area contributed by atoms with Crippen LogP contribution < -0.4 is 11.1 Å². The van der Waals surface area contributed by atoms with E-state index in [-0.39, 0.29) is 5.91 Å². The van der Waals surface area contributed by atoms with Gasteiger partial charge in [0.1, 0.15) is 0 Å². The number of carbonyl (C=O) groups excluding carboxylic acids is 1. The van der Waals surface area contributed by atoms with E-state index in [4.69, 9.17) is 5.73 Å². The topological polar surface area (TPSA) is 85.8 Å². The van der Waals surface area contributed by atoms with Gasteiger partial charge in [-0.2, -0.15) is 5.10 Å². The Hall–Kier alpha value is -3.51. The lowest BCUT2D eigenvalue weighted by Gasteiger charge is -2.09. The van der Waals surface area contributed by atoms with Crippen molar-refractivity contribution in [1.82, 2.24) is 20.1 Å². The van der Waals surface area contributed by atoms with Crippen LogP contribution in [0.3, 0.4) is 0 Å². The third-order valence-corrected chi connectivity index (χ3v) is 4.78. The molecule has 0 unspecified atom stereocenters. The van der Waals surface area contributed by atoms with E-state index in [1.165, 1.54) is 0 Å². The second-order valence-electron chi connectivity index (χ2n) is 6.65. The first kappa shape index (κ1) is 17.9. The van der Waals surface area contributed by atoms with Gasteiger partial charge in [0.15, 0.2) is 5.65 Å². The molecule has 4 rings (SSSR count). The summed E-state index contributed by atoms with van der Waals surface area (Å²) in [7, 11) is 1.85. The Bertz CT molecular complexity index is 1130. The fraction of sp³-hybridized carbons (Fsp3) is 0.136. The fourth-order valence-corrected chi connectivity index (χ4v) is 3.25. The molecular weight excluding hydrogens is 350 g/mol. The molecule has 2 heterocycles. The first-order valence-electron chi connectivity index (χ1n) is 9.09. The molecule has 140 valence electrons. The van der Waals surface area contributed by atoms with Crippen LogP contribution in [0.1, 0.15) is 21.5 Å². The zero-order valence-corrected chi connectivity index (χ0v) is 15.6. The van der Waals surface area contributed by atoms with Crippen LogP contribution in [0.4, 0.5) is 0 Å². The average Bonchev–Trinajstić information content (AvgIpc) is 3.12. The highest BCUT2D eigenvalue weighted by Gasteiger charge is 2.09. The van der Waals surface area contributed by atoms with Gasteiger partial charge in [0, 0.05) is 37.3 Å². The quantitative estimate of drug-likeness (QED) is 0.565. The van der Waals surface area contributed by atoms with Crippen LogP contribution in [-0.2, 0) is 20.1 Å². The van der Waals surface area contributed by atoms with Gasteiger partial charge in [-0.15, -0.1) is 0 Å². The lowest BCUT2D eigenvalue weighted by Crippen LogP contribution is -2.22. The van der Waals surface area contributed by atoms with Crippen LogP contribution in [0.25, 0.3) is 22.2 Å². The van der Waals surface area contributed by atoms with Crippen LogP contribution in [0.15, 0.2) is 67.0 Å². The van der Waals surface area contributed by atoms with Gasteiger partial charge in [-0.3, -0.25) is 9.48 Å². The predicted molar refractivity (Wildman–Crippen MR) is 109 cm³/mol. The largest absolute Gasteiger partial charge is 0.348 e. The number of pyridine rings is 1. The van der Waals surface area contributed by atoms with Crippen molar-refractivity contribution in [2.24, 2.45) is 12.8 Å². The number of aromatic nitrogens is 3. The maximum atomic E-state index is 12.5. The molecule has 0 saturated carbocycles. The molecule has 0 aliphatic heterocycles. The summed E-state index contributed by atoms with van der Waals surface area (Å²) < 4.78 is 1.72. The van der Waals surface area contributed by atoms with E-state index in [2.05, 4.69) is 15.4 Å². The van der Waals surface area contributed by atoms with Crippen molar-refractivity contribution in [2.75, 3.05) is 0 Å². The summed E-state index contributed by atoms with van der Waals surface area (Å²) in [4.78, 5) is 16.9. The summed E-state index contributed by atoms with van der Waals surface area (Å²) in [6.45, 7) is 0.891. The third kappa shape index (κ3) is 3.50. The number of nitrogens with two attached hydrogens (primary N) is 1. The molecule has 0 aliphatic carbocycles. The van der Waals surface area contributed by atoms with Crippen LogP contribution in [0.5, 0.6) is 0 Å². The highest BCUT2D eigenvalue weighted by atomic mass is 16.1. The molecule has 3 N–H and O–H groups in total. The van der Waals surface area contributed by atoms with Crippen LogP contribution in [-0.4, -0.2) is 20.7 Å². The Morgan fingerprint density at radius 1 is 1.11 bits per heavy atom. The zero-order valence-electron chi connectivity index (χ0n) is 15.6. The third-order valence-electron chi connectivity index (χ3n) is 4.78. The molecule has 2 aromatic carbocycles. The van der Waals surface area contributed by atoms with Gasteiger partial charge in [-0.25, -0.2) is 4.98 Å². The van der Waals surface area contributed by atoms with E-state index in [1.807, 2.05) is 61.6 Å².